The van der Waals surface area contributed by atoms with Crippen LogP contribution in [0.1, 0.15) is 59.4 Å². The molecule has 0 radical (unpaired) electrons. The van der Waals surface area contributed by atoms with Crippen molar-refractivity contribution in [3.8, 4) is 0 Å². The molecule has 0 spiro atoms. The molecule has 0 aliphatic carbocycles. The molecule has 5 atom stereocenters. The summed E-state index contributed by atoms with van der Waals surface area (Å²) in [5.74, 6) is -3.77. The molecule has 2 aliphatic heterocycles. The van der Waals surface area contributed by atoms with Gasteiger partial charge in [-0.3, -0.25) is 18.7 Å². The first-order valence-corrected chi connectivity index (χ1v) is 22.6. The van der Waals surface area contributed by atoms with E-state index in [2.05, 4.69) is 30.8 Å². The molecule has 3 heterocycles. The fourth-order valence-corrected chi connectivity index (χ4v) is 8.30. The van der Waals surface area contributed by atoms with E-state index in [0.29, 0.717) is 10.6 Å². The number of hydrogen-bond acceptors (Lipinski definition) is 8. The van der Waals surface area contributed by atoms with E-state index in [9.17, 15) is 9.36 Å². The van der Waals surface area contributed by atoms with Gasteiger partial charge in [-0.05, 0) is 60.0 Å². The molecule has 16 heteroatoms. The van der Waals surface area contributed by atoms with Gasteiger partial charge in [-0.15, -0.1) is 0 Å². The Bertz CT molecular complexity index is 1500. The number of halogens is 3. The number of hydrogen-bond donors (Lipinski definition) is 1. The van der Waals surface area contributed by atoms with Crippen LogP contribution in [-0.4, -0.2) is 57.5 Å². The van der Waals surface area contributed by atoms with Crippen LogP contribution in [0.5, 0.6) is 0 Å². The number of alkyl halides is 2. The minimum Gasteiger partial charge on any atom is -0.414 e. The van der Waals surface area contributed by atoms with Gasteiger partial charge in [0.2, 0.25) is 6.23 Å². The molecule has 1 unspecified atom stereocenters. The molecule has 1 N–H and O–H groups in total. The van der Waals surface area contributed by atoms with Crippen molar-refractivity contribution in [1.29, 1.82) is 0 Å². The Kier molecular flexibility index (Phi) is 10.1. The van der Waals surface area contributed by atoms with Gasteiger partial charge < -0.3 is 13.6 Å². The van der Waals surface area contributed by atoms with Gasteiger partial charge in [-0.1, -0.05) is 65.3 Å². The highest BCUT2D eigenvalue weighted by atomic mass is 35.5. The zero-order valence-corrected chi connectivity index (χ0v) is 31.2. The first-order valence-electron chi connectivity index (χ1n) is 14.9. The maximum Gasteiger partial charge on any atom is 0.434 e. The summed E-state index contributed by atoms with van der Waals surface area (Å²) >= 11 is 6.05. The number of aromatic nitrogens is 2. The molecule has 45 heavy (non-hydrogen) atoms. The van der Waals surface area contributed by atoms with E-state index in [1.54, 1.807) is 24.3 Å². The van der Waals surface area contributed by atoms with Crippen LogP contribution in [0.2, 0.25) is 41.3 Å². The number of nitrogens with zero attached hydrogens (tertiary/aromatic N) is 2. The van der Waals surface area contributed by atoms with Crippen LogP contribution in [0, 0.1) is 0 Å². The number of rotatable bonds is 9. The smallest absolute Gasteiger partial charge is 0.414 e. The van der Waals surface area contributed by atoms with Gasteiger partial charge in [0.05, 0.1) is 13.2 Å². The first kappa shape index (κ1) is 36.4. The molecule has 10 nitrogen and oxygen atoms in total. The molecule has 0 saturated carbocycles. The molecule has 2 aliphatic rings. The van der Waals surface area contributed by atoms with E-state index in [-0.39, 0.29) is 29.1 Å². The van der Waals surface area contributed by atoms with Crippen LogP contribution in [0.3, 0.4) is 0 Å². The zero-order valence-electron chi connectivity index (χ0n) is 27.5. The maximum atomic E-state index is 16.3. The summed E-state index contributed by atoms with van der Waals surface area (Å²) in [5, 5.41) is 2.48. The molecule has 0 amide bonds. The van der Waals surface area contributed by atoms with Crippen LogP contribution < -0.4 is 10.8 Å². The Morgan fingerprint density at radius 1 is 1.11 bits per heavy atom. The Morgan fingerprint density at radius 3 is 2.33 bits per heavy atom. The molecular formula is C29H45ClF2N3O7PSi2. The topological polar surface area (TPSA) is 110 Å². The minimum absolute atomic E-state index is 0.0300. The third kappa shape index (κ3) is 7.81. The Hall–Kier alpha value is -1.49. The predicted molar refractivity (Wildman–Crippen MR) is 175 cm³/mol. The van der Waals surface area contributed by atoms with Crippen LogP contribution in [0.25, 0.3) is 0 Å². The summed E-state index contributed by atoms with van der Waals surface area (Å²) in [6.45, 7) is 19.8. The number of benzene rings is 1. The normalized spacial score (nSPS) is 27.6. The predicted octanol–water partition coefficient (Wildman–Crippen LogP) is 8.15. The largest absolute Gasteiger partial charge is 0.434 e. The quantitative estimate of drug-likeness (QED) is 0.204. The van der Waals surface area contributed by atoms with Crippen molar-refractivity contribution in [2.75, 3.05) is 18.3 Å². The molecule has 252 valence electrons. The first-order chi connectivity index (χ1) is 20.5. The second-order valence-electron chi connectivity index (χ2n) is 14.6. The Morgan fingerprint density at radius 2 is 1.76 bits per heavy atom. The van der Waals surface area contributed by atoms with E-state index in [4.69, 9.17) is 34.2 Å². The summed E-state index contributed by atoms with van der Waals surface area (Å²) < 4.78 is 76.1. The van der Waals surface area contributed by atoms with Gasteiger partial charge in [-0.2, -0.15) is 13.8 Å². The van der Waals surface area contributed by atoms with E-state index in [1.165, 1.54) is 6.07 Å². The number of nitrogens with one attached hydrogen (secondary N) is 1. The van der Waals surface area contributed by atoms with Crippen LogP contribution in [0.4, 0.5) is 14.6 Å². The van der Waals surface area contributed by atoms with Gasteiger partial charge >= 0.3 is 19.4 Å². The Balaban J connectivity index is 1.58. The lowest BCUT2D eigenvalue weighted by atomic mass is 10.1. The minimum atomic E-state index is -3.92. The monoisotopic (exact) mass is 707 g/mol. The average molecular weight is 708 g/mol. The third-order valence-electron chi connectivity index (χ3n) is 9.21. The summed E-state index contributed by atoms with van der Waals surface area (Å²) in [6, 6.07) is 8.08. The summed E-state index contributed by atoms with van der Waals surface area (Å²) in [6.07, 6.45) is -4.35. The van der Waals surface area contributed by atoms with E-state index in [0.717, 1.165) is 10.8 Å². The summed E-state index contributed by atoms with van der Waals surface area (Å²) in [5.41, 5.74) is -0.383. The molecule has 0 bridgehead atoms. The van der Waals surface area contributed by atoms with Gasteiger partial charge in [0.1, 0.15) is 24.1 Å². The van der Waals surface area contributed by atoms with Crippen molar-refractivity contribution in [2.24, 2.45) is 0 Å². The van der Waals surface area contributed by atoms with E-state index in [1.807, 2.05) is 47.0 Å². The van der Waals surface area contributed by atoms with Gasteiger partial charge in [0.25, 0.3) is 0 Å². The Labute approximate surface area is 271 Å². The molecular weight excluding hydrogens is 663 g/mol. The van der Waals surface area contributed by atoms with Crippen molar-refractivity contribution in [2.45, 2.75) is 108 Å². The fourth-order valence-electron chi connectivity index (χ4n) is 4.36. The SMILES string of the molecule is CC(C)(C)[Si](C)(C)OC[C@H]1O[C@@H](n2ccc(NP3(=O)OC[C@H](c4cccc(Cl)c4)O3)nc2=O)C(F)(F)[C@@H]1O[Si](C)(C)C(C)(C)C. The average Bonchev–Trinajstić information content (AvgIpc) is 3.38. The van der Waals surface area contributed by atoms with Crippen LogP contribution >= 0.6 is 19.3 Å². The summed E-state index contributed by atoms with van der Waals surface area (Å²) in [4.78, 5) is 17.0. The lowest BCUT2D eigenvalue weighted by Gasteiger charge is -2.41. The van der Waals surface area contributed by atoms with Gasteiger partial charge in [-0.25, -0.2) is 9.36 Å². The van der Waals surface area contributed by atoms with Crippen molar-refractivity contribution < 1.29 is 36.0 Å². The standard InChI is InChI=1S/C29H45ClF2N3O7PSi2/c1-27(2,3)44(7,8)39-18-22-24(42-45(9,10)28(4,5)6)29(31,32)25(40-22)35-15-14-23(33-26(35)36)34-43(37)38-17-21(41-43)19-12-11-13-20(30)16-19/h11-16,21-22,24-25H,17-18H2,1-10H3,(H,33,34,36,37)/t21-,22-,24-,25-,43?/m1/s1. The highest BCUT2D eigenvalue weighted by molar-refractivity contribution is 7.55. The van der Waals surface area contributed by atoms with Crippen molar-refractivity contribution in [3.63, 3.8) is 0 Å². The highest BCUT2D eigenvalue weighted by Gasteiger charge is 2.63. The molecule has 4 rings (SSSR count). The van der Waals surface area contributed by atoms with Crippen molar-refractivity contribution in [1.82, 2.24) is 9.55 Å². The van der Waals surface area contributed by atoms with Crippen LogP contribution in [-0.2, 0) is 27.2 Å². The van der Waals surface area contributed by atoms with E-state index >= 15 is 8.78 Å². The summed E-state index contributed by atoms with van der Waals surface area (Å²) in [7, 11) is -8.97. The lowest BCUT2D eigenvalue weighted by molar-refractivity contribution is -0.138. The lowest BCUT2D eigenvalue weighted by Crippen LogP contribution is -2.53. The highest BCUT2D eigenvalue weighted by Crippen LogP contribution is 2.57. The molecule has 2 aromatic rings. The molecule has 1 aromatic carbocycles. The fraction of sp³-hybridized carbons (Fsp3) is 0.655. The van der Waals surface area contributed by atoms with Gasteiger partial charge in [0.15, 0.2) is 16.6 Å². The molecule has 2 fully saturated rings. The van der Waals surface area contributed by atoms with Crippen LogP contribution in [0.15, 0.2) is 41.3 Å². The molecule has 2 saturated heterocycles. The maximum absolute atomic E-state index is 16.3. The van der Waals surface area contributed by atoms with E-state index < -0.39 is 60.5 Å². The number of ether oxygens (including phenoxy) is 1. The molecule has 1 aromatic heterocycles. The van der Waals surface area contributed by atoms with Gasteiger partial charge in [0, 0.05) is 11.2 Å². The van der Waals surface area contributed by atoms with Crippen molar-refractivity contribution in [3.05, 3.63) is 57.6 Å². The second-order valence-corrected chi connectivity index (χ2v) is 26.3. The second kappa shape index (κ2) is 12.5. The third-order valence-corrected chi connectivity index (χ3v) is 19.9. The zero-order chi connectivity index (χ0) is 33.8. The van der Waals surface area contributed by atoms with Crippen molar-refractivity contribution >= 4 is 41.8 Å². The number of anilines is 1.